The molecule has 0 fully saturated rings. The molecule has 4 N–H and O–H groups in total. The van der Waals surface area contributed by atoms with Crippen molar-refractivity contribution in [3.8, 4) is 22.9 Å². The van der Waals surface area contributed by atoms with Crippen LogP contribution in [0.1, 0.15) is 39.2 Å². The highest BCUT2D eigenvalue weighted by molar-refractivity contribution is 5.95. The van der Waals surface area contributed by atoms with Crippen molar-refractivity contribution in [3.63, 3.8) is 0 Å². The zero-order valence-corrected chi connectivity index (χ0v) is 26.4. The number of ether oxygens (including phenoxy) is 2. The highest BCUT2D eigenvalue weighted by atomic mass is 16.5. The van der Waals surface area contributed by atoms with Crippen molar-refractivity contribution in [1.82, 2.24) is 36.2 Å². The fourth-order valence-electron chi connectivity index (χ4n) is 4.50. The molecule has 0 bridgehead atoms. The third kappa shape index (κ3) is 9.84. The Bertz CT molecular complexity index is 1500. The van der Waals surface area contributed by atoms with E-state index in [4.69, 9.17) is 9.47 Å². The van der Waals surface area contributed by atoms with Crippen molar-refractivity contribution in [3.05, 3.63) is 54.1 Å². The normalized spacial score (nSPS) is 12.8. The molecular formula is C31H39N7O8. The number of carboxylic acids is 1. The van der Waals surface area contributed by atoms with Gasteiger partial charge in [0.25, 0.3) is 0 Å². The number of aromatic nitrogens is 4. The smallest absolute Gasteiger partial charge is 0.305 e. The second kappa shape index (κ2) is 16.7. The minimum atomic E-state index is -1.46. The van der Waals surface area contributed by atoms with E-state index in [2.05, 4.69) is 31.4 Å². The highest BCUT2D eigenvalue weighted by Crippen LogP contribution is 2.35. The summed E-state index contributed by atoms with van der Waals surface area (Å²) < 4.78 is 10.7. The molecule has 15 heteroatoms. The number of methoxy groups -OCH3 is 2. The summed E-state index contributed by atoms with van der Waals surface area (Å²) in [6.45, 7) is 4.38. The lowest BCUT2D eigenvalue weighted by molar-refractivity contribution is -0.140. The topological polar surface area (TPSA) is 204 Å². The van der Waals surface area contributed by atoms with E-state index < -0.39 is 54.7 Å². The number of aliphatic carboxylic acids is 1. The molecule has 15 nitrogen and oxygen atoms in total. The number of hydrogen-bond acceptors (Lipinski definition) is 10. The van der Waals surface area contributed by atoms with Crippen molar-refractivity contribution in [2.45, 2.75) is 64.7 Å². The lowest BCUT2D eigenvalue weighted by atomic mass is 10.0. The van der Waals surface area contributed by atoms with Crippen LogP contribution in [0.3, 0.4) is 0 Å². The summed E-state index contributed by atoms with van der Waals surface area (Å²) in [6, 6.07) is 11.0. The van der Waals surface area contributed by atoms with Gasteiger partial charge in [0, 0.05) is 6.42 Å². The van der Waals surface area contributed by atoms with Crippen LogP contribution >= 0.6 is 0 Å². The van der Waals surface area contributed by atoms with E-state index in [0.29, 0.717) is 23.5 Å². The zero-order valence-electron chi connectivity index (χ0n) is 26.4. The van der Waals surface area contributed by atoms with Crippen molar-refractivity contribution < 1.29 is 38.6 Å². The molecule has 46 heavy (non-hydrogen) atoms. The number of aryl methyl sites for hydroxylation is 1. The van der Waals surface area contributed by atoms with Crippen molar-refractivity contribution in [2.75, 3.05) is 14.2 Å². The number of carboxylic acid groups (broad SMARTS) is 1. The molecule has 0 aliphatic rings. The summed E-state index contributed by atoms with van der Waals surface area (Å²) in [5.41, 5.74) is 1.38. The van der Waals surface area contributed by atoms with Crippen molar-refractivity contribution >= 4 is 29.5 Å². The third-order valence-electron chi connectivity index (χ3n) is 6.99. The maximum atomic E-state index is 13.1. The molecule has 0 saturated carbocycles. The Balaban J connectivity index is 1.63. The van der Waals surface area contributed by atoms with Crippen LogP contribution < -0.4 is 25.4 Å². The van der Waals surface area contributed by atoms with Gasteiger partial charge in [-0.25, -0.2) is 0 Å². The Morgan fingerprint density at radius 3 is 2.11 bits per heavy atom. The molecule has 3 amide bonds. The second-order valence-corrected chi connectivity index (χ2v) is 10.8. The van der Waals surface area contributed by atoms with Crippen molar-refractivity contribution in [1.29, 1.82) is 0 Å². The zero-order chi connectivity index (χ0) is 33.8. The molecule has 1 unspecified atom stereocenters. The molecule has 0 aliphatic carbocycles. The molecule has 0 spiro atoms. The van der Waals surface area contributed by atoms with Gasteiger partial charge in [0.1, 0.15) is 41.7 Å². The van der Waals surface area contributed by atoms with Gasteiger partial charge in [0.2, 0.25) is 23.5 Å². The van der Waals surface area contributed by atoms with E-state index in [1.807, 2.05) is 30.3 Å². The molecule has 0 radical (unpaired) electrons. The van der Waals surface area contributed by atoms with Gasteiger partial charge < -0.3 is 30.5 Å². The number of tetrazole rings is 1. The fraction of sp³-hybridized carbons (Fsp3) is 0.419. The number of nitrogens with one attached hydrogen (secondary N) is 3. The van der Waals surface area contributed by atoms with Gasteiger partial charge >= 0.3 is 5.97 Å². The van der Waals surface area contributed by atoms with E-state index in [1.54, 1.807) is 32.0 Å². The SMILES string of the molecule is COc1cccc(OC)c1-c1nnn(CC(=O)C(CC(=O)O)NC(=O)[C@H](C)NC(=O)[C@@H](NC(=O)CCc2ccccc2)C(C)C)n1. The van der Waals surface area contributed by atoms with E-state index in [9.17, 15) is 29.1 Å². The first kappa shape index (κ1) is 35.1. The van der Waals surface area contributed by atoms with Crippen molar-refractivity contribution in [2.24, 2.45) is 5.92 Å². The minimum Gasteiger partial charge on any atom is -0.496 e. The summed E-state index contributed by atoms with van der Waals surface area (Å²) in [7, 11) is 2.92. The Labute approximate surface area is 266 Å². The average Bonchev–Trinajstić information content (AvgIpc) is 3.49. The van der Waals surface area contributed by atoms with Crippen LogP contribution in [0.5, 0.6) is 11.5 Å². The second-order valence-electron chi connectivity index (χ2n) is 10.8. The van der Waals surface area contributed by atoms with Gasteiger partial charge in [-0.05, 0) is 42.2 Å². The molecule has 246 valence electrons. The van der Waals surface area contributed by atoms with Gasteiger partial charge in [0.05, 0.1) is 20.6 Å². The third-order valence-corrected chi connectivity index (χ3v) is 6.99. The first-order valence-electron chi connectivity index (χ1n) is 14.6. The molecule has 3 rings (SSSR count). The number of carbonyl (C=O) groups is 5. The fourth-order valence-corrected chi connectivity index (χ4v) is 4.50. The molecular weight excluding hydrogens is 598 g/mol. The Morgan fingerprint density at radius 2 is 1.52 bits per heavy atom. The van der Waals surface area contributed by atoms with Gasteiger partial charge in [-0.3, -0.25) is 24.0 Å². The summed E-state index contributed by atoms with van der Waals surface area (Å²) in [5, 5.41) is 29.1. The van der Waals surface area contributed by atoms with Crippen LogP contribution in [-0.4, -0.2) is 87.1 Å². The van der Waals surface area contributed by atoms with Gasteiger partial charge in [-0.15, -0.1) is 10.2 Å². The maximum Gasteiger partial charge on any atom is 0.305 e. The molecule has 0 saturated heterocycles. The largest absolute Gasteiger partial charge is 0.496 e. The number of nitrogens with zero attached hydrogens (tertiary/aromatic N) is 4. The first-order chi connectivity index (χ1) is 21.9. The predicted molar refractivity (Wildman–Crippen MR) is 165 cm³/mol. The number of Topliss-reactive ketones (excluding diaryl/α,β-unsaturated/α-hetero) is 1. The van der Waals surface area contributed by atoms with E-state index in [0.717, 1.165) is 10.4 Å². The summed E-state index contributed by atoms with van der Waals surface area (Å²) in [6.07, 6.45) is -0.0553. The molecule has 3 atom stereocenters. The number of amides is 3. The summed E-state index contributed by atoms with van der Waals surface area (Å²) in [4.78, 5) is 64.2. The average molecular weight is 638 g/mol. The number of hydrogen-bond donors (Lipinski definition) is 4. The van der Waals surface area contributed by atoms with E-state index in [1.165, 1.54) is 21.1 Å². The molecule has 1 heterocycles. The molecule has 0 aliphatic heterocycles. The van der Waals surface area contributed by atoms with E-state index >= 15 is 0 Å². The standard InChI is InChI=1S/C31H39N7O8/c1-18(2)28(34-25(40)15-14-20-10-7-6-8-11-20)31(44)32-19(3)30(43)33-21(16-26(41)42)22(39)17-38-36-29(35-37-38)27-23(45-4)12-9-13-24(27)46-5/h6-13,18-19,21,28H,14-17H2,1-5H3,(H,32,44)(H,33,43)(H,34,40)(H,41,42)/t19-,21?,28-/m0/s1. The van der Waals surface area contributed by atoms with Crippen LogP contribution in [0.2, 0.25) is 0 Å². The number of carbonyl (C=O) groups excluding carboxylic acids is 4. The quantitative estimate of drug-likeness (QED) is 0.165. The minimum absolute atomic E-state index is 0.101. The Morgan fingerprint density at radius 1 is 0.870 bits per heavy atom. The molecule has 3 aromatic rings. The van der Waals surface area contributed by atoms with Crippen LogP contribution in [-0.2, 0) is 36.9 Å². The number of benzene rings is 2. The maximum absolute atomic E-state index is 13.1. The van der Waals surface area contributed by atoms with Gasteiger partial charge in [-0.2, -0.15) is 4.80 Å². The lowest BCUT2D eigenvalue weighted by Crippen LogP contribution is -2.56. The Kier molecular flexibility index (Phi) is 12.7. The predicted octanol–water partition coefficient (Wildman–Crippen LogP) is 1.16. The van der Waals surface area contributed by atoms with Crippen LogP contribution in [0, 0.1) is 5.92 Å². The molecule has 2 aromatic carbocycles. The van der Waals surface area contributed by atoms with Gasteiger partial charge in [-0.1, -0.05) is 50.2 Å². The van der Waals surface area contributed by atoms with E-state index in [-0.39, 0.29) is 24.1 Å². The van der Waals surface area contributed by atoms with Gasteiger partial charge in [0.15, 0.2) is 5.78 Å². The number of ketones is 1. The lowest BCUT2D eigenvalue weighted by Gasteiger charge is -2.25. The number of rotatable bonds is 17. The monoisotopic (exact) mass is 637 g/mol. The van der Waals surface area contributed by atoms with Crippen LogP contribution in [0.25, 0.3) is 11.4 Å². The Hall–Kier alpha value is -5.34. The summed E-state index contributed by atoms with van der Waals surface area (Å²) in [5.74, 6) is -3.15. The van der Waals surface area contributed by atoms with Crippen LogP contribution in [0.15, 0.2) is 48.5 Å². The molecule has 1 aromatic heterocycles. The highest BCUT2D eigenvalue weighted by Gasteiger charge is 2.30. The first-order valence-corrected chi connectivity index (χ1v) is 14.6. The summed E-state index contributed by atoms with van der Waals surface area (Å²) >= 11 is 0. The van der Waals surface area contributed by atoms with Crippen LogP contribution in [0.4, 0.5) is 0 Å².